The molecule has 0 atom stereocenters. The van der Waals surface area contributed by atoms with Crippen LogP contribution >= 0.6 is 11.6 Å². The Hall–Kier alpha value is -2.33. The average molecular weight is 328 g/mol. The molecule has 0 aliphatic heterocycles. The van der Waals surface area contributed by atoms with E-state index in [-0.39, 0.29) is 5.91 Å². The second-order valence-corrected chi connectivity index (χ2v) is 6.05. The highest BCUT2D eigenvalue weighted by atomic mass is 35.5. The van der Waals surface area contributed by atoms with E-state index in [1.54, 1.807) is 6.07 Å². The molecule has 4 nitrogen and oxygen atoms in total. The largest absolute Gasteiger partial charge is 0.320 e. The quantitative estimate of drug-likeness (QED) is 0.774. The average Bonchev–Trinajstić information content (AvgIpc) is 2.88. The van der Waals surface area contributed by atoms with Gasteiger partial charge in [-0.3, -0.25) is 9.20 Å². The van der Waals surface area contributed by atoms with Crippen molar-refractivity contribution in [1.29, 1.82) is 0 Å². The fourth-order valence-electron chi connectivity index (χ4n) is 2.60. The lowest BCUT2D eigenvalue weighted by atomic mass is 10.2. The van der Waals surface area contributed by atoms with Gasteiger partial charge in [-0.05, 0) is 49.6 Å². The zero-order chi connectivity index (χ0) is 16.6. The molecule has 1 amide bonds. The molecule has 0 fully saturated rings. The predicted octanol–water partition coefficient (Wildman–Crippen LogP) is 4.42. The Morgan fingerprint density at radius 1 is 1.26 bits per heavy atom. The normalized spacial score (nSPS) is 11.0. The van der Waals surface area contributed by atoms with Gasteiger partial charge in [-0.2, -0.15) is 0 Å². The number of benzene rings is 1. The lowest BCUT2D eigenvalue weighted by molar-refractivity contribution is 0.102. The van der Waals surface area contributed by atoms with Crippen LogP contribution in [0.25, 0.3) is 5.65 Å². The number of amides is 1. The number of carbonyl (C=O) groups excluding carboxylic acids is 1. The maximum atomic E-state index is 12.8. The highest BCUT2D eigenvalue weighted by molar-refractivity contribution is 6.31. The van der Waals surface area contributed by atoms with E-state index < -0.39 is 0 Å². The van der Waals surface area contributed by atoms with Crippen LogP contribution in [0.3, 0.4) is 0 Å². The minimum Gasteiger partial charge on any atom is -0.320 e. The molecule has 2 aromatic heterocycles. The van der Waals surface area contributed by atoms with E-state index in [4.69, 9.17) is 11.6 Å². The summed E-state index contributed by atoms with van der Waals surface area (Å²) >= 11 is 6.03. The number of carbonyl (C=O) groups is 1. The maximum absolute atomic E-state index is 12.8. The van der Waals surface area contributed by atoms with Crippen LogP contribution < -0.4 is 5.32 Å². The number of hydrogen-bond donors (Lipinski definition) is 1. The van der Waals surface area contributed by atoms with Gasteiger partial charge in [-0.1, -0.05) is 30.7 Å². The van der Waals surface area contributed by atoms with Gasteiger partial charge in [0.2, 0.25) is 0 Å². The number of imidazole rings is 1. The topological polar surface area (TPSA) is 46.4 Å². The number of nitrogens with zero attached hydrogens (tertiary/aromatic N) is 2. The summed E-state index contributed by atoms with van der Waals surface area (Å²) in [5, 5.41) is 3.55. The Balaban J connectivity index is 2.06. The summed E-state index contributed by atoms with van der Waals surface area (Å²) in [6.07, 6.45) is 2.62. The zero-order valence-electron chi connectivity index (χ0n) is 13.4. The molecule has 118 valence electrons. The Morgan fingerprint density at radius 3 is 2.78 bits per heavy atom. The summed E-state index contributed by atoms with van der Waals surface area (Å²) in [6, 6.07) is 9.37. The first kappa shape index (κ1) is 15.6. The molecule has 0 aliphatic carbocycles. The van der Waals surface area contributed by atoms with Gasteiger partial charge in [-0.15, -0.1) is 0 Å². The van der Waals surface area contributed by atoms with E-state index in [9.17, 15) is 4.79 Å². The molecule has 3 rings (SSSR count). The van der Waals surface area contributed by atoms with Gasteiger partial charge in [0.25, 0.3) is 5.91 Å². The monoisotopic (exact) mass is 327 g/mol. The van der Waals surface area contributed by atoms with Gasteiger partial charge < -0.3 is 5.32 Å². The van der Waals surface area contributed by atoms with Gasteiger partial charge in [-0.25, -0.2) is 4.98 Å². The Morgan fingerprint density at radius 2 is 2.04 bits per heavy atom. The van der Waals surface area contributed by atoms with Gasteiger partial charge in [0.1, 0.15) is 11.3 Å². The summed E-state index contributed by atoms with van der Waals surface area (Å²) < 4.78 is 1.85. The number of aromatic nitrogens is 2. The molecule has 0 aliphatic rings. The van der Waals surface area contributed by atoms with Gasteiger partial charge in [0.05, 0.1) is 5.69 Å². The number of halogens is 1. The van der Waals surface area contributed by atoms with E-state index in [0.29, 0.717) is 22.8 Å². The lowest BCUT2D eigenvalue weighted by Crippen LogP contribution is -2.17. The molecule has 23 heavy (non-hydrogen) atoms. The number of nitrogens with one attached hydrogen (secondary N) is 1. The summed E-state index contributed by atoms with van der Waals surface area (Å²) in [5.41, 5.74) is 4.89. The van der Waals surface area contributed by atoms with Gasteiger partial charge >= 0.3 is 0 Å². The zero-order valence-corrected chi connectivity index (χ0v) is 14.1. The molecule has 0 saturated heterocycles. The molecule has 1 N–H and O–H groups in total. The smallest absolute Gasteiger partial charge is 0.274 e. The number of fused-ring (bicyclic) bond motifs is 1. The fourth-order valence-corrected chi connectivity index (χ4v) is 2.77. The van der Waals surface area contributed by atoms with Gasteiger partial charge in [0, 0.05) is 16.9 Å². The van der Waals surface area contributed by atoms with E-state index in [2.05, 4.69) is 10.3 Å². The summed E-state index contributed by atoms with van der Waals surface area (Å²) in [4.78, 5) is 17.4. The second kappa shape index (κ2) is 6.05. The van der Waals surface area contributed by atoms with Crippen LogP contribution in [-0.4, -0.2) is 15.3 Å². The summed E-state index contributed by atoms with van der Waals surface area (Å²) in [7, 11) is 0. The van der Waals surface area contributed by atoms with Crippen molar-refractivity contribution in [2.45, 2.75) is 27.2 Å². The first-order valence-electron chi connectivity index (χ1n) is 7.54. The van der Waals surface area contributed by atoms with Crippen LogP contribution in [0.5, 0.6) is 0 Å². The fraction of sp³-hybridized carbons (Fsp3) is 0.222. The van der Waals surface area contributed by atoms with Crippen molar-refractivity contribution >= 4 is 28.8 Å². The van der Waals surface area contributed by atoms with Gasteiger partial charge in [0.15, 0.2) is 0 Å². The number of pyridine rings is 1. The number of aryl methyl sites for hydroxylation is 3. The van der Waals surface area contributed by atoms with Crippen molar-refractivity contribution in [2.24, 2.45) is 0 Å². The van der Waals surface area contributed by atoms with E-state index in [1.807, 2.05) is 55.6 Å². The third kappa shape index (κ3) is 2.94. The highest BCUT2D eigenvalue weighted by Gasteiger charge is 2.19. The first-order chi connectivity index (χ1) is 11.0. The van der Waals surface area contributed by atoms with Crippen LogP contribution in [0.1, 0.15) is 34.2 Å². The van der Waals surface area contributed by atoms with Crippen molar-refractivity contribution in [3.05, 3.63) is 64.1 Å². The van der Waals surface area contributed by atoms with Crippen molar-refractivity contribution in [1.82, 2.24) is 9.38 Å². The summed E-state index contributed by atoms with van der Waals surface area (Å²) in [6.45, 7) is 5.93. The standard InChI is InChI=1S/C18H18ClN3O/c1-4-14-17(22-10-11(2)5-8-16(22)20-14)18(23)21-15-9-13(19)7-6-12(15)3/h5-10H,4H2,1-3H3,(H,21,23). The molecule has 5 heteroatoms. The molecular weight excluding hydrogens is 310 g/mol. The molecule has 0 saturated carbocycles. The Bertz CT molecular complexity index is 899. The van der Waals surface area contributed by atoms with Crippen molar-refractivity contribution < 1.29 is 4.79 Å². The number of rotatable bonds is 3. The van der Waals surface area contributed by atoms with Crippen LogP contribution in [0.2, 0.25) is 5.02 Å². The molecule has 0 radical (unpaired) electrons. The molecule has 1 aromatic carbocycles. The van der Waals surface area contributed by atoms with Crippen molar-refractivity contribution in [3.63, 3.8) is 0 Å². The second-order valence-electron chi connectivity index (χ2n) is 5.61. The van der Waals surface area contributed by atoms with E-state index >= 15 is 0 Å². The molecule has 3 aromatic rings. The third-order valence-electron chi connectivity index (χ3n) is 3.84. The number of hydrogen-bond acceptors (Lipinski definition) is 2. The minimum atomic E-state index is -0.176. The third-order valence-corrected chi connectivity index (χ3v) is 4.07. The Labute approximate surface area is 140 Å². The molecule has 0 bridgehead atoms. The van der Waals surface area contributed by atoms with Crippen LogP contribution in [0, 0.1) is 13.8 Å². The van der Waals surface area contributed by atoms with E-state index in [1.165, 1.54) is 0 Å². The SMILES string of the molecule is CCc1nc2ccc(C)cn2c1C(=O)Nc1cc(Cl)ccc1C. The van der Waals surface area contributed by atoms with Crippen LogP contribution in [-0.2, 0) is 6.42 Å². The molecule has 0 spiro atoms. The number of anilines is 1. The van der Waals surface area contributed by atoms with E-state index in [0.717, 1.165) is 22.5 Å². The maximum Gasteiger partial charge on any atom is 0.274 e. The van der Waals surface area contributed by atoms with Crippen LogP contribution in [0.4, 0.5) is 5.69 Å². The molecular formula is C18H18ClN3O. The van der Waals surface area contributed by atoms with Crippen molar-refractivity contribution in [3.8, 4) is 0 Å². The van der Waals surface area contributed by atoms with Crippen molar-refractivity contribution in [2.75, 3.05) is 5.32 Å². The lowest BCUT2D eigenvalue weighted by Gasteiger charge is -2.10. The minimum absolute atomic E-state index is 0.176. The molecule has 0 unspecified atom stereocenters. The molecule has 2 heterocycles. The summed E-state index contributed by atoms with van der Waals surface area (Å²) in [5.74, 6) is -0.176. The highest BCUT2D eigenvalue weighted by Crippen LogP contribution is 2.22. The van der Waals surface area contributed by atoms with Crippen LogP contribution in [0.15, 0.2) is 36.5 Å². The Kier molecular flexibility index (Phi) is 4.09. The first-order valence-corrected chi connectivity index (χ1v) is 7.92. The predicted molar refractivity (Wildman–Crippen MR) is 93.4 cm³/mol.